The molecular weight excluding hydrogens is 521 g/mol. The first kappa shape index (κ1) is 28.7. The molecule has 4 aliphatic rings. The van der Waals surface area contributed by atoms with Crippen molar-refractivity contribution in [2.75, 3.05) is 13.1 Å². The van der Waals surface area contributed by atoms with Gasteiger partial charge in [0.1, 0.15) is 12.2 Å². The van der Waals surface area contributed by atoms with Crippen molar-refractivity contribution >= 4 is 28.6 Å². The maximum absolute atomic E-state index is 16.9. The maximum atomic E-state index is 16.9. The van der Waals surface area contributed by atoms with Crippen molar-refractivity contribution in [1.29, 1.82) is 0 Å². The van der Waals surface area contributed by atoms with Crippen molar-refractivity contribution in [1.82, 2.24) is 0 Å². The molecule has 0 radical (unpaired) electrons. The number of esters is 1. The lowest BCUT2D eigenvalue weighted by Gasteiger charge is -2.62. The zero-order valence-electron chi connectivity index (χ0n) is 21.8. The van der Waals surface area contributed by atoms with Gasteiger partial charge in [-0.1, -0.05) is 31.7 Å². The Morgan fingerprint density at radius 1 is 1.26 bits per heavy atom. The summed E-state index contributed by atoms with van der Waals surface area (Å²) in [6.07, 6.45) is 2.83. The van der Waals surface area contributed by atoms with Crippen molar-refractivity contribution in [3.63, 3.8) is 0 Å². The molecule has 4 aliphatic carbocycles. The first-order chi connectivity index (χ1) is 17.8. The van der Waals surface area contributed by atoms with E-state index in [0.717, 1.165) is 0 Å². The van der Waals surface area contributed by atoms with Crippen LogP contribution in [0.1, 0.15) is 50.6 Å². The number of furan rings is 1. The fraction of sp³-hybridized carbons (Fsp3) is 0.607. The molecule has 0 aromatic carbocycles. The van der Waals surface area contributed by atoms with Crippen molar-refractivity contribution < 1.29 is 41.8 Å². The minimum atomic E-state index is -2.13. The Balaban J connectivity index is 0.000000317. The van der Waals surface area contributed by atoms with Gasteiger partial charge in [0.15, 0.2) is 16.6 Å². The highest BCUT2D eigenvalue weighted by Crippen LogP contribution is 2.70. The van der Waals surface area contributed by atoms with Crippen molar-refractivity contribution in [3.8, 4) is 0 Å². The smallest absolute Gasteiger partial charge is 0.373 e. The highest BCUT2D eigenvalue weighted by atomic mass is 32.2. The molecule has 38 heavy (non-hydrogen) atoms. The van der Waals surface area contributed by atoms with E-state index in [9.17, 15) is 23.9 Å². The number of thioether (sulfide) groups is 1. The van der Waals surface area contributed by atoms with Gasteiger partial charge in [-0.15, -0.1) is 0 Å². The van der Waals surface area contributed by atoms with E-state index in [1.54, 1.807) is 19.1 Å². The molecule has 5 rings (SSSR count). The molecule has 0 saturated heterocycles. The number of ether oxygens (including phenoxy) is 1. The third kappa shape index (κ3) is 4.28. The summed E-state index contributed by atoms with van der Waals surface area (Å²) in [5.74, 6) is -2.28. The molecule has 1 aromatic rings. The van der Waals surface area contributed by atoms with E-state index < -0.39 is 52.6 Å². The van der Waals surface area contributed by atoms with Gasteiger partial charge in [-0.2, -0.15) is 0 Å². The predicted octanol–water partition coefficient (Wildman–Crippen LogP) is 5.42. The van der Waals surface area contributed by atoms with Crippen LogP contribution in [0.3, 0.4) is 0 Å². The number of carbonyl (C=O) groups excluding carboxylic acids is 3. The number of aliphatic hydroxyl groups is 1. The van der Waals surface area contributed by atoms with Gasteiger partial charge in [0.05, 0.1) is 19.5 Å². The van der Waals surface area contributed by atoms with E-state index in [-0.39, 0.29) is 46.9 Å². The normalized spacial score (nSPS) is 41.2. The number of allylic oxidation sites excluding steroid dienone is 4. The third-order valence-electron chi connectivity index (χ3n) is 9.33. The van der Waals surface area contributed by atoms with Crippen molar-refractivity contribution in [3.05, 3.63) is 48.0 Å². The number of hydrogen-bond donors (Lipinski definition) is 1. The van der Waals surface area contributed by atoms with E-state index in [2.05, 4.69) is 4.74 Å². The van der Waals surface area contributed by atoms with Gasteiger partial charge in [-0.3, -0.25) is 9.59 Å². The summed E-state index contributed by atoms with van der Waals surface area (Å²) in [7, 11) is 1.31. The maximum Gasteiger partial charge on any atom is 0.373 e. The second-order valence-corrected chi connectivity index (χ2v) is 12.1. The molecule has 6 nitrogen and oxygen atoms in total. The van der Waals surface area contributed by atoms with Crippen LogP contribution in [0.5, 0.6) is 0 Å². The second-order valence-electron chi connectivity index (χ2n) is 11.2. The first-order valence-electron chi connectivity index (χ1n) is 12.7. The summed E-state index contributed by atoms with van der Waals surface area (Å²) >= 11 is 0.622. The molecular formula is C28H33F3O6S. The Labute approximate surface area is 224 Å². The predicted molar refractivity (Wildman–Crippen MR) is 135 cm³/mol. The van der Waals surface area contributed by atoms with Crippen LogP contribution in [-0.2, 0) is 14.3 Å². The van der Waals surface area contributed by atoms with Crippen LogP contribution in [0.2, 0.25) is 0 Å². The molecule has 0 bridgehead atoms. The van der Waals surface area contributed by atoms with Gasteiger partial charge in [0.2, 0.25) is 5.76 Å². The largest absolute Gasteiger partial charge is 0.463 e. The van der Waals surface area contributed by atoms with Crippen LogP contribution in [-0.4, -0.2) is 53.0 Å². The number of carbonyl (C=O) groups is 3. The summed E-state index contributed by atoms with van der Waals surface area (Å²) in [5, 5.41) is 10.8. The average molecular weight is 555 g/mol. The van der Waals surface area contributed by atoms with E-state index in [0.29, 0.717) is 18.2 Å². The van der Waals surface area contributed by atoms with E-state index >= 15 is 8.78 Å². The molecule has 1 heterocycles. The zero-order valence-corrected chi connectivity index (χ0v) is 22.6. The number of rotatable bonds is 3. The van der Waals surface area contributed by atoms with Gasteiger partial charge < -0.3 is 14.3 Å². The van der Waals surface area contributed by atoms with Crippen molar-refractivity contribution in [2.45, 2.75) is 58.0 Å². The number of fused-ring (bicyclic) bond motifs is 5. The monoisotopic (exact) mass is 554 g/mol. The van der Waals surface area contributed by atoms with Crippen LogP contribution >= 0.6 is 11.8 Å². The standard InChI is InChI=1S/C22H27F3O3S.C6H6O3/c1-11-6-13-14-8-16(24)15-7-12(26)4-5-21(15,3)22(14,25)17(27)9-20(13,2)18(11)19(28)29-10-23;1-8-6(7)5-3-2-4-9-5/h4-5,7,11,13-14,16-18,27H,6,8-10H2,1-3H3;2-4H,1H3/t11-,13?,14?,16+,17?,18?,20?,21?,22+;/m1./s1. The number of aliphatic hydroxyl groups excluding tert-OH is 1. The highest BCUT2D eigenvalue weighted by molar-refractivity contribution is 8.13. The fourth-order valence-corrected chi connectivity index (χ4v) is 8.50. The number of halogens is 3. The van der Waals surface area contributed by atoms with Crippen LogP contribution < -0.4 is 0 Å². The number of hydrogen-bond acceptors (Lipinski definition) is 7. The van der Waals surface area contributed by atoms with Crippen LogP contribution in [0, 0.1) is 34.5 Å². The molecule has 3 fully saturated rings. The third-order valence-corrected chi connectivity index (χ3v) is 9.97. The van der Waals surface area contributed by atoms with Crippen molar-refractivity contribution in [2.24, 2.45) is 34.5 Å². The Morgan fingerprint density at radius 2 is 1.97 bits per heavy atom. The molecule has 6 unspecified atom stereocenters. The van der Waals surface area contributed by atoms with Crippen LogP contribution in [0.15, 0.2) is 46.6 Å². The van der Waals surface area contributed by atoms with Gasteiger partial charge >= 0.3 is 5.97 Å². The SMILES string of the molecule is COC(=O)c1ccco1.C[C@@H]1CC2C3C[C@H](F)C4=CC(=O)C=CC4(C)[C@@]3(F)C(O)CC2(C)C1C(=O)SCF. The zero-order chi connectivity index (χ0) is 28.0. The van der Waals surface area contributed by atoms with Gasteiger partial charge in [-0.25, -0.2) is 18.0 Å². The minimum Gasteiger partial charge on any atom is -0.463 e. The summed E-state index contributed by atoms with van der Waals surface area (Å²) in [5.41, 5.74) is -4.17. The highest BCUT2D eigenvalue weighted by Gasteiger charge is 2.73. The summed E-state index contributed by atoms with van der Waals surface area (Å²) in [6, 6.07) is 2.36. The molecule has 0 aliphatic heterocycles. The fourth-order valence-electron chi connectivity index (χ4n) is 7.71. The van der Waals surface area contributed by atoms with Crippen LogP contribution in [0.25, 0.3) is 0 Å². The van der Waals surface area contributed by atoms with Gasteiger partial charge in [0, 0.05) is 17.3 Å². The average Bonchev–Trinajstić information content (AvgIpc) is 3.49. The number of alkyl halides is 3. The van der Waals surface area contributed by atoms with Gasteiger partial charge in [0.25, 0.3) is 0 Å². The lowest BCUT2D eigenvalue weighted by molar-refractivity contribution is -0.201. The molecule has 208 valence electrons. The summed E-state index contributed by atoms with van der Waals surface area (Å²) in [4.78, 5) is 35.1. The molecule has 0 spiro atoms. The molecule has 10 heteroatoms. The first-order valence-corrected chi connectivity index (χ1v) is 13.6. The molecule has 3 saturated carbocycles. The molecule has 0 amide bonds. The van der Waals surface area contributed by atoms with E-state index in [1.807, 2.05) is 13.8 Å². The Morgan fingerprint density at radius 3 is 2.58 bits per heavy atom. The van der Waals surface area contributed by atoms with Gasteiger partial charge in [-0.05, 0) is 73.3 Å². The molecule has 9 atom stereocenters. The topological polar surface area (TPSA) is 93.8 Å². The lowest BCUT2D eigenvalue weighted by atomic mass is 9.45. The summed E-state index contributed by atoms with van der Waals surface area (Å²) < 4.78 is 54.0. The van der Waals surface area contributed by atoms with Crippen LogP contribution in [0.4, 0.5) is 13.2 Å². The molecule has 1 aromatic heterocycles. The minimum absolute atomic E-state index is 0.0554. The Bertz CT molecular complexity index is 1150. The Kier molecular flexibility index (Phi) is 7.80. The molecule has 1 N–H and O–H groups in total. The van der Waals surface area contributed by atoms with E-state index in [1.165, 1.54) is 31.6 Å². The van der Waals surface area contributed by atoms with E-state index in [4.69, 9.17) is 4.42 Å². The second kappa shape index (κ2) is 10.3. The summed E-state index contributed by atoms with van der Waals surface area (Å²) in [6.45, 7) is 5.33. The lowest BCUT2D eigenvalue weighted by Crippen LogP contribution is -2.68. The number of ketones is 1. The Hall–Kier alpha value is -2.33. The quantitative estimate of drug-likeness (QED) is 0.499. The number of methoxy groups -OCH3 is 1.